The van der Waals surface area contributed by atoms with Crippen molar-refractivity contribution in [3.05, 3.63) is 29.7 Å². The smallest absolute Gasteiger partial charge is 0.302 e. The van der Waals surface area contributed by atoms with Gasteiger partial charge in [-0.05, 0) is 12.5 Å². The summed E-state index contributed by atoms with van der Waals surface area (Å²) in [5.74, 6) is -0.821. The van der Waals surface area contributed by atoms with Crippen LogP contribution >= 0.6 is 0 Å². The molecule has 0 unspecified atom stereocenters. The van der Waals surface area contributed by atoms with Gasteiger partial charge in [0.15, 0.2) is 11.6 Å². The number of carbonyl (C=O) groups is 1. The molecular formula is C16H20FNO4. The molecule has 0 bridgehead atoms. The lowest BCUT2D eigenvalue weighted by Gasteiger charge is -2.13. The van der Waals surface area contributed by atoms with E-state index in [1.807, 2.05) is 23.8 Å². The third-order valence-electron chi connectivity index (χ3n) is 3.29. The van der Waals surface area contributed by atoms with Crippen LogP contribution in [0.5, 0.6) is 5.75 Å². The zero-order valence-electron chi connectivity index (χ0n) is 13.0. The van der Waals surface area contributed by atoms with Gasteiger partial charge in [-0.15, -0.1) is 0 Å². The fourth-order valence-corrected chi connectivity index (χ4v) is 2.31. The van der Waals surface area contributed by atoms with Crippen molar-refractivity contribution in [2.45, 2.75) is 33.6 Å². The van der Waals surface area contributed by atoms with Crippen molar-refractivity contribution in [3.8, 4) is 5.75 Å². The minimum absolute atomic E-state index is 0.0351. The standard InChI is InChI=1S/C16H20FNO4/c1-4-7-21-10-18-6-5-12-13(9-22-11(2)19)16(20-3)14(17)8-15(12)18/h5-6,8H,4,7,9-10H2,1-3H3. The normalized spacial score (nSPS) is 10.9. The molecular weight excluding hydrogens is 289 g/mol. The van der Waals surface area contributed by atoms with Gasteiger partial charge in [0.05, 0.1) is 12.6 Å². The molecule has 22 heavy (non-hydrogen) atoms. The Balaban J connectivity index is 2.43. The van der Waals surface area contributed by atoms with Crippen LogP contribution in [0.2, 0.25) is 0 Å². The van der Waals surface area contributed by atoms with Crippen molar-refractivity contribution in [1.29, 1.82) is 0 Å². The Kier molecular flexibility index (Phi) is 5.38. The molecule has 1 aromatic heterocycles. The van der Waals surface area contributed by atoms with Crippen LogP contribution in [0.1, 0.15) is 25.8 Å². The Morgan fingerprint density at radius 1 is 1.41 bits per heavy atom. The van der Waals surface area contributed by atoms with Crippen LogP contribution in [0.4, 0.5) is 4.39 Å². The van der Waals surface area contributed by atoms with E-state index >= 15 is 0 Å². The second-order valence-corrected chi connectivity index (χ2v) is 4.91. The van der Waals surface area contributed by atoms with Crippen LogP contribution in [0.3, 0.4) is 0 Å². The summed E-state index contributed by atoms with van der Waals surface area (Å²) >= 11 is 0. The summed E-state index contributed by atoms with van der Waals surface area (Å²) in [7, 11) is 1.39. The number of hydrogen-bond acceptors (Lipinski definition) is 4. The first-order chi connectivity index (χ1) is 10.6. The highest BCUT2D eigenvalue weighted by molar-refractivity contribution is 5.86. The van der Waals surface area contributed by atoms with E-state index in [4.69, 9.17) is 14.2 Å². The second kappa shape index (κ2) is 7.26. The first kappa shape index (κ1) is 16.3. The number of esters is 1. The first-order valence-electron chi connectivity index (χ1n) is 7.13. The Hall–Kier alpha value is -2.08. The van der Waals surface area contributed by atoms with Crippen LogP contribution in [0.15, 0.2) is 18.3 Å². The highest BCUT2D eigenvalue weighted by Crippen LogP contribution is 2.32. The number of halogens is 1. The van der Waals surface area contributed by atoms with Gasteiger partial charge in [0.25, 0.3) is 0 Å². The number of carbonyl (C=O) groups excluding carboxylic acids is 1. The molecule has 0 N–H and O–H groups in total. The van der Waals surface area contributed by atoms with Gasteiger partial charge < -0.3 is 18.8 Å². The fourth-order valence-electron chi connectivity index (χ4n) is 2.31. The molecule has 0 saturated heterocycles. The molecule has 0 amide bonds. The van der Waals surface area contributed by atoms with Crippen LogP contribution < -0.4 is 4.74 Å². The first-order valence-corrected chi connectivity index (χ1v) is 7.13. The van der Waals surface area contributed by atoms with Crippen LogP contribution in [0, 0.1) is 5.82 Å². The monoisotopic (exact) mass is 309 g/mol. The summed E-state index contributed by atoms with van der Waals surface area (Å²) in [6.07, 6.45) is 2.73. The molecule has 0 aliphatic rings. The molecule has 0 saturated carbocycles. The Bertz CT molecular complexity index is 666. The number of aromatic nitrogens is 1. The third kappa shape index (κ3) is 3.39. The summed E-state index contributed by atoms with van der Waals surface area (Å²) in [6.45, 7) is 4.28. The molecule has 2 rings (SSSR count). The van der Waals surface area contributed by atoms with E-state index < -0.39 is 11.8 Å². The van der Waals surface area contributed by atoms with E-state index in [2.05, 4.69) is 0 Å². The summed E-state index contributed by atoms with van der Waals surface area (Å²) in [6, 6.07) is 3.24. The van der Waals surface area contributed by atoms with Gasteiger partial charge >= 0.3 is 5.97 Å². The zero-order valence-corrected chi connectivity index (χ0v) is 13.0. The van der Waals surface area contributed by atoms with Crippen molar-refractivity contribution in [2.75, 3.05) is 13.7 Å². The van der Waals surface area contributed by atoms with Crippen LogP contribution in [-0.2, 0) is 27.6 Å². The Morgan fingerprint density at radius 3 is 2.82 bits per heavy atom. The molecule has 2 aromatic rings. The third-order valence-corrected chi connectivity index (χ3v) is 3.29. The molecule has 0 aliphatic carbocycles. The lowest BCUT2D eigenvalue weighted by Crippen LogP contribution is -2.05. The summed E-state index contributed by atoms with van der Waals surface area (Å²) < 4.78 is 31.7. The lowest BCUT2D eigenvalue weighted by molar-refractivity contribution is -0.142. The van der Waals surface area contributed by atoms with Crippen molar-refractivity contribution in [3.63, 3.8) is 0 Å². The largest absolute Gasteiger partial charge is 0.493 e. The number of hydrogen-bond donors (Lipinski definition) is 0. The quantitative estimate of drug-likeness (QED) is 0.582. The molecule has 120 valence electrons. The molecule has 0 spiro atoms. The van der Waals surface area contributed by atoms with Crippen molar-refractivity contribution >= 4 is 16.9 Å². The second-order valence-electron chi connectivity index (χ2n) is 4.91. The predicted molar refractivity (Wildman–Crippen MR) is 80.2 cm³/mol. The molecule has 0 radical (unpaired) electrons. The van der Waals surface area contributed by atoms with Gasteiger partial charge in [-0.3, -0.25) is 4.79 Å². The zero-order chi connectivity index (χ0) is 16.1. The van der Waals surface area contributed by atoms with E-state index in [0.717, 1.165) is 11.8 Å². The minimum Gasteiger partial charge on any atom is -0.493 e. The topological polar surface area (TPSA) is 49.7 Å². The molecule has 1 aromatic carbocycles. The summed E-state index contributed by atoms with van der Waals surface area (Å²) in [5.41, 5.74) is 1.19. The van der Waals surface area contributed by atoms with Gasteiger partial charge in [-0.1, -0.05) is 6.92 Å². The average molecular weight is 309 g/mol. The molecule has 0 aliphatic heterocycles. The van der Waals surface area contributed by atoms with Gasteiger partial charge in [0, 0.05) is 36.7 Å². The molecule has 1 heterocycles. The number of methoxy groups -OCH3 is 1. The van der Waals surface area contributed by atoms with Crippen LogP contribution in [0.25, 0.3) is 10.9 Å². The van der Waals surface area contributed by atoms with Crippen molar-refractivity contribution in [1.82, 2.24) is 4.57 Å². The fraction of sp³-hybridized carbons (Fsp3) is 0.438. The lowest BCUT2D eigenvalue weighted by atomic mass is 10.1. The number of fused-ring (bicyclic) bond motifs is 1. The number of benzene rings is 1. The SMILES string of the molecule is CCCOCn1ccc2c(COC(C)=O)c(OC)c(F)cc21. The van der Waals surface area contributed by atoms with Crippen molar-refractivity contribution in [2.24, 2.45) is 0 Å². The van der Waals surface area contributed by atoms with Gasteiger partial charge in [-0.25, -0.2) is 4.39 Å². The van der Waals surface area contributed by atoms with E-state index in [-0.39, 0.29) is 12.4 Å². The average Bonchev–Trinajstić information content (AvgIpc) is 2.87. The summed E-state index contributed by atoms with van der Waals surface area (Å²) in [4.78, 5) is 11.0. The maximum atomic E-state index is 14.2. The highest BCUT2D eigenvalue weighted by Gasteiger charge is 2.17. The highest BCUT2D eigenvalue weighted by atomic mass is 19.1. The number of nitrogens with zero attached hydrogens (tertiary/aromatic N) is 1. The summed E-state index contributed by atoms with van der Waals surface area (Å²) in [5, 5.41) is 0.777. The van der Waals surface area contributed by atoms with Crippen molar-refractivity contribution < 1.29 is 23.4 Å². The van der Waals surface area contributed by atoms with Gasteiger partial charge in [0.1, 0.15) is 13.3 Å². The molecule has 0 fully saturated rings. The maximum Gasteiger partial charge on any atom is 0.302 e. The van der Waals surface area contributed by atoms with Gasteiger partial charge in [-0.2, -0.15) is 0 Å². The Morgan fingerprint density at radius 2 is 2.18 bits per heavy atom. The van der Waals surface area contributed by atoms with E-state index in [1.165, 1.54) is 20.1 Å². The van der Waals surface area contributed by atoms with E-state index in [1.54, 1.807) is 0 Å². The molecule has 6 heteroatoms. The van der Waals surface area contributed by atoms with E-state index in [9.17, 15) is 9.18 Å². The number of rotatable bonds is 7. The van der Waals surface area contributed by atoms with Gasteiger partial charge in [0.2, 0.25) is 0 Å². The van der Waals surface area contributed by atoms with Crippen LogP contribution in [-0.4, -0.2) is 24.3 Å². The maximum absolute atomic E-state index is 14.2. The minimum atomic E-state index is -0.493. The Labute approximate surface area is 128 Å². The predicted octanol–water partition coefficient (Wildman–Crippen LogP) is 3.24. The molecule has 5 nitrogen and oxygen atoms in total. The molecule has 0 atom stereocenters. The number of ether oxygens (including phenoxy) is 3. The van der Waals surface area contributed by atoms with E-state index in [0.29, 0.717) is 24.4 Å².